The van der Waals surface area contributed by atoms with Gasteiger partial charge in [-0.2, -0.15) is 4.98 Å². The van der Waals surface area contributed by atoms with Crippen LogP contribution in [0.5, 0.6) is 0 Å². The van der Waals surface area contributed by atoms with Gasteiger partial charge in [-0.15, -0.1) is 0 Å². The van der Waals surface area contributed by atoms with Crippen LogP contribution in [0.3, 0.4) is 0 Å². The predicted molar refractivity (Wildman–Crippen MR) is 138 cm³/mol. The second kappa shape index (κ2) is 11.2. The van der Waals surface area contributed by atoms with Crippen molar-refractivity contribution >= 4 is 29.1 Å². The Balaban J connectivity index is 1.14. The molecule has 0 saturated carbocycles. The van der Waals surface area contributed by atoms with E-state index in [9.17, 15) is 9.59 Å². The van der Waals surface area contributed by atoms with Gasteiger partial charge in [-0.3, -0.25) is 14.5 Å². The molecular formula is C27H30ClN5O3. The summed E-state index contributed by atoms with van der Waals surface area (Å²) in [5, 5.41) is 7.77. The van der Waals surface area contributed by atoms with E-state index in [-0.39, 0.29) is 17.7 Å². The van der Waals surface area contributed by atoms with Crippen molar-refractivity contribution in [3.8, 4) is 11.4 Å². The molecule has 5 rings (SSSR count). The molecule has 3 aromatic rings. The first-order chi connectivity index (χ1) is 17.6. The number of benzene rings is 2. The highest BCUT2D eigenvalue weighted by atomic mass is 35.5. The highest BCUT2D eigenvalue weighted by Crippen LogP contribution is 2.25. The highest BCUT2D eigenvalue weighted by Gasteiger charge is 2.28. The van der Waals surface area contributed by atoms with Crippen LogP contribution in [0.2, 0.25) is 5.02 Å². The standard InChI is InChI=1S/C27H30ClN5O3/c28-21-10-8-19(9-11-21)25-30-24(36-31-25)18-32-16-12-20(13-17-32)26(34)29-23-7-3-2-6-22(23)27(35)33-14-4-1-5-15-33/h2-3,6-11,20H,1,4-5,12-18H2,(H,29,34). The van der Waals surface area contributed by atoms with Gasteiger partial charge in [0, 0.05) is 29.6 Å². The minimum atomic E-state index is -0.105. The molecule has 8 nitrogen and oxygen atoms in total. The summed E-state index contributed by atoms with van der Waals surface area (Å²) in [5.41, 5.74) is 2.02. The molecule has 2 aliphatic heterocycles. The number of hydrogen-bond acceptors (Lipinski definition) is 6. The Labute approximate surface area is 215 Å². The summed E-state index contributed by atoms with van der Waals surface area (Å²) in [6.07, 6.45) is 4.69. The van der Waals surface area contributed by atoms with E-state index >= 15 is 0 Å². The number of nitrogens with zero attached hydrogens (tertiary/aromatic N) is 4. The number of hydrogen-bond donors (Lipinski definition) is 1. The summed E-state index contributed by atoms with van der Waals surface area (Å²) >= 11 is 5.95. The van der Waals surface area contributed by atoms with Gasteiger partial charge in [-0.05, 0) is 81.6 Å². The maximum atomic E-state index is 13.1. The quantitative estimate of drug-likeness (QED) is 0.512. The van der Waals surface area contributed by atoms with Gasteiger partial charge in [0.25, 0.3) is 5.91 Å². The lowest BCUT2D eigenvalue weighted by Gasteiger charge is -2.30. The summed E-state index contributed by atoms with van der Waals surface area (Å²) in [4.78, 5) is 34.7. The zero-order valence-corrected chi connectivity index (χ0v) is 20.9. The first kappa shape index (κ1) is 24.5. The molecule has 0 atom stereocenters. The van der Waals surface area contributed by atoms with Crippen LogP contribution in [0.1, 0.15) is 48.4 Å². The van der Waals surface area contributed by atoms with Crippen LogP contribution in [0, 0.1) is 5.92 Å². The van der Waals surface area contributed by atoms with E-state index in [1.807, 2.05) is 35.2 Å². The third-order valence-electron chi connectivity index (χ3n) is 6.95. The van der Waals surface area contributed by atoms with E-state index in [4.69, 9.17) is 16.1 Å². The summed E-state index contributed by atoms with van der Waals surface area (Å²) in [5.74, 6) is 0.947. The number of aromatic nitrogens is 2. The van der Waals surface area contributed by atoms with Crippen molar-refractivity contribution in [1.29, 1.82) is 0 Å². The van der Waals surface area contributed by atoms with Crippen molar-refractivity contribution in [2.45, 2.75) is 38.6 Å². The molecule has 2 aromatic carbocycles. The van der Waals surface area contributed by atoms with E-state index in [0.717, 1.165) is 63.8 Å². The summed E-state index contributed by atoms with van der Waals surface area (Å²) in [6.45, 7) is 3.61. The monoisotopic (exact) mass is 507 g/mol. The minimum Gasteiger partial charge on any atom is -0.339 e. The largest absolute Gasteiger partial charge is 0.339 e. The van der Waals surface area contributed by atoms with Crippen molar-refractivity contribution in [2.75, 3.05) is 31.5 Å². The fraction of sp³-hybridized carbons (Fsp3) is 0.407. The van der Waals surface area contributed by atoms with Gasteiger partial charge in [0.15, 0.2) is 0 Å². The SMILES string of the molecule is O=C(Nc1ccccc1C(=O)N1CCCCC1)C1CCN(Cc2nc(-c3ccc(Cl)cc3)no2)CC1. The van der Waals surface area contributed by atoms with Gasteiger partial charge in [-0.25, -0.2) is 0 Å². The lowest BCUT2D eigenvalue weighted by molar-refractivity contribution is -0.121. The van der Waals surface area contributed by atoms with Gasteiger partial charge in [-0.1, -0.05) is 28.9 Å². The highest BCUT2D eigenvalue weighted by molar-refractivity contribution is 6.30. The van der Waals surface area contributed by atoms with Gasteiger partial charge in [0.1, 0.15) is 0 Å². The maximum absolute atomic E-state index is 13.1. The number of likely N-dealkylation sites (tertiary alicyclic amines) is 2. The Hall–Kier alpha value is -3.23. The molecule has 0 unspecified atom stereocenters. The van der Waals surface area contributed by atoms with E-state index < -0.39 is 0 Å². The molecule has 3 heterocycles. The fourth-order valence-electron chi connectivity index (χ4n) is 4.86. The number of rotatable bonds is 6. The molecule has 1 aromatic heterocycles. The molecule has 188 valence electrons. The average Bonchev–Trinajstić information content (AvgIpc) is 3.38. The molecule has 9 heteroatoms. The molecule has 2 saturated heterocycles. The van der Waals surface area contributed by atoms with E-state index in [1.165, 1.54) is 0 Å². The number of piperidine rings is 2. The molecule has 0 spiro atoms. The Kier molecular flexibility index (Phi) is 7.63. The lowest BCUT2D eigenvalue weighted by Crippen LogP contribution is -2.38. The minimum absolute atomic E-state index is 0.00190. The molecular weight excluding hydrogens is 478 g/mol. The zero-order valence-electron chi connectivity index (χ0n) is 20.2. The second-order valence-electron chi connectivity index (χ2n) is 9.46. The lowest BCUT2D eigenvalue weighted by atomic mass is 9.95. The maximum Gasteiger partial charge on any atom is 0.255 e. The van der Waals surface area contributed by atoms with Crippen LogP contribution in [0.15, 0.2) is 53.1 Å². The van der Waals surface area contributed by atoms with Gasteiger partial charge >= 0.3 is 0 Å². The Morgan fingerprint density at radius 1 is 0.972 bits per heavy atom. The first-order valence-electron chi connectivity index (χ1n) is 12.6. The summed E-state index contributed by atoms with van der Waals surface area (Å²) in [6, 6.07) is 14.6. The Morgan fingerprint density at radius 3 is 2.44 bits per heavy atom. The van der Waals surface area contributed by atoms with Crippen LogP contribution in [0.4, 0.5) is 5.69 Å². The zero-order chi connectivity index (χ0) is 24.9. The normalized spacial score (nSPS) is 17.2. The molecule has 2 aliphatic rings. The topological polar surface area (TPSA) is 91.6 Å². The molecule has 0 bridgehead atoms. The summed E-state index contributed by atoms with van der Waals surface area (Å²) < 4.78 is 5.44. The number of carbonyl (C=O) groups is 2. The predicted octanol–water partition coefficient (Wildman–Crippen LogP) is 4.87. The van der Waals surface area contributed by atoms with Crippen molar-refractivity contribution in [1.82, 2.24) is 19.9 Å². The third-order valence-corrected chi connectivity index (χ3v) is 7.20. The van der Waals surface area contributed by atoms with E-state index in [1.54, 1.807) is 18.2 Å². The number of para-hydroxylation sites is 1. The van der Waals surface area contributed by atoms with Crippen LogP contribution < -0.4 is 5.32 Å². The third kappa shape index (κ3) is 5.77. The van der Waals surface area contributed by atoms with Crippen LogP contribution in [-0.4, -0.2) is 57.9 Å². The number of anilines is 1. The molecule has 2 amide bonds. The molecule has 0 radical (unpaired) electrons. The number of amides is 2. The molecule has 2 fully saturated rings. The molecule has 0 aliphatic carbocycles. The summed E-state index contributed by atoms with van der Waals surface area (Å²) in [7, 11) is 0. The Morgan fingerprint density at radius 2 is 1.69 bits per heavy atom. The smallest absolute Gasteiger partial charge is 0.255 e. The van der Waals surface area contributed by atoms with Crippen LogP contribution in [-0.2, 0) is 11.3 Å². The number of nitrogens with one attached hydrogen (secondary N) is 1. The average molecular weight is 508 g/mol. The van der Waals surface area contributed by atoms with Gasteiger partial charge in [0.2, 0.25) is 17.6 Å². The number of halogens is 1. The Bertz CT molecular complexity index is 1200. The first-order valence-corrected chi connectivity index (χ1v) is 12.9. The van der Waals surface area contributed by atoms with E-state index in [0.29, 0.717) is 34.5 Å². The van der Waals surface area contributed by atoms with Crippen molar-refractivity contribution < 1.29 is 14.1 Å². The van der Waals surface area contributed by atoms with Gasteiger partial charge < -0.3 is 14.7 Å². The van der Waals surface area contributed by atoms with Gasteiger partial charge in [0.05, 0.1) is 17.8 Å². The second-order valence-corrected chi connectivity index (χ2v) is 9.89. The molecule has 1 N–H and O–H groups in total. The van der Waals surface area contributed by atoms with Crippen molar-refractivity contribution in [3.63, 3.8) is 0 Å². The van der Waals surface area contributed by atoms with Crippen LogP contribution >= 0.6 is 11.6 Å². The van der Waals surface area contributed by atoms with Crippen molar-refractivity contribution in [2.24, 2.45) is 5.92 Å². The fourth-order valence-corrected chi connectivity index (χ4v) is 4.99. The molecule has 36 heavy (non-hydrogen) atoms. The number of carbonyl (C=O) groups excluding carboxylic acids is 2. The van der Waals surface area contributed by atoms with Crippen molar-refractivity contribution in [3.05, 3.63) is 65.0 Å². The van der Waals surface area contributed by atoms with Crippen LogP contribution in [0.25, 0.3) is 11.4 Å². The van der Waals surface area contributed by atoms with E-state index in [2.05, 4.69) is 20.4 Å².